The van der Waals surface area contributed by atoms with Crippen molar-refractivity contribution in [3.8, 4) is 5.75 Å². The van der Waals surface area contributed by atoms with Gasteiger partial charge in [0.15, 0.2) is 6.29 Å². The number of nitrogens with zero attached hydrogens (tertiary/aromatic N) is 1. The molecule has 1 aromatic rings. The number of hydrogen-bond donors (Lipinski definition) is 1. The summed E-state index contributed by atoms with van der Waals surface area (Å²) in [6, 6.07) is 0. The van der Waals surface area contributed by atoms with Crippen molar-refractivity contribution in [2.75, 3.05) is 7.11 Å². The van der Waals surface area contributed by atoms with Crippen LogP contribution >= 0.6 is 0 Å². The number of carbonyl (C=O) groups excluding carboxylic acids is 1. The smallest absolute Gasteiger partial charge is 0.266 e. The first-order valence-corrected chi connectivity index (χ1v) is 4.14. The highest BCUT2D eigenvalue weighted by Crippen LogP contribution is 2.30. The molecule has 1 heterocycles. The number of pyridine rings is 1. The van der Waals surface area contributed by atoms with Gasteiger partial charge in [-0.05, 0) is 0 Å². The van der Waals surface area contributed by atoms with Crippen molar-refractivity contribution in [2.24, 2.45) is 5.73 Å². The minimum absolute atomic E-state index is 0.00731. The molecule has 0 bridgehead atoms. The quantitative estimate of drug-likeness (QED) is 0.770. The van der Waals surface area contributed by atoms with Gasteiger partial charge in [-0.15, -0.1) is 0 Å². The lowest BCUT2D eigenvalue weighted by Crippen LogP contribution is -2.09. The second-order valence-electron chi connectivity index (χ2n) is 2.72. The van der Waals surface area contributed by atoms with Gasteiger partial charge in [-0.3, -0.25) is 9.78 Å². The van der Waals surface area contributed by atoms with Crippen LogP contribution in [0.2, 0.25) is 0 Å². The fourth-order valence-electron chi connectivity index (χ4n) is 1.25. The Hall–Kier alpha value is -1.56. The second kappa shape index (κ2) is 4.79. The van der Waals surface area contributed by atoms with Gasteiger partial charge in [-0.25, -0.2) is 8.78 Å². The van der Waals surface area contributed by atoms with E-state index in [9.17, 15) is 13.6 Å². The van der Waals surface area contributed by atoms with E-state index in [1.54, 1.807) is 0 Å². The van der Waals surface area contributed by atoms with Crippen LogP contribution in [0.15, 0.2) is 6.20 Å². The minimum Gasteiger partial charge on any atom is -0.494 e. The number of methoxy groups -OCH3 is 1. The van der Waals surface area contributed by atoms with Crippen LogP contribution in [0.1, 0.15) is 28.0 Å². The van der Waals surface area contributed by atoms with Gasteiger partial charge >= 0.3 is 0 Å². The van der Waals surface area contributed by atoms with Gasteiger partial charge in [0.2, 0.25) is 0 Å². The summed E-state index contributed by atoms with van der Waals surface area (Å²) in [6.45, 7) is -0.148. The highest BCUT2D eigenvalue weighted by molar-refractivity contribution is 5.82. The average Bonchev–Trinajstić information content (AvgIpc) is 2.26. The van der Waals surface area contributed by atoms with Gasteiger partial charge in [0, 0.05) is 6.54 Å². The first-order valence-electron chi connectivity index (χ1n) is 4.14. The van der Waals surface area contributed by atoms with Crippen molar-refractivity contribution in [1.82, 2.24) is 4.98 Å². The molecule has 4 nitrogen and oxygen atoms in total. The second-order valence-corrected chi connectivity index (χ2v) is 2.72. The standard InChI is InChI=1S/C9H10F2N2O2/c1-15-7-3-13-6(2-12)8(9(10)11)5(7)4-14/h3-4,9H,2,12H2,1H3. The maximum atomic E-state index is 12.7. The predicted molar refractivity (Wildman–Crippen MR) is 49.0 cm³/mol. The van der Waals surface area contributed by atoms with E-state index in [0.717, 1.165) is 0 Å². The van der Waals surface area contributed by atoms with E-state index in [1.165, 1.54) is 13.3 Å². The summed E-state index contributed by atoms with van der Waals surface area (Å²) >= 11 is 0. The van der Waals surface area contributed by atoms with Gasteiger partial charge in [-0.2, -0.15) is 0 Å². The van der Waals surface area contributed by atoms with E-state index < -0.39 is 12.0 Å². The van der Waals surface area contributed by atoms with E-state index in [2.05, 4.69) is 4.98 Å². The largest absolute Gasteiger partial charge is 0.494 e. The molecule has 0 aliphatic rings. The van der Waals surface area contributed by atoms with Crippen molar-refractivity contribution in [1.29, 1.82) is 0 Å². The maximum Gasteiger partial charge on any atom is 0.266 e. The van der Waals surface area contributed by atoms with Crippen LogP contribution in [0.25, 0.3) is 0 Å². The minimum atomic E-state index is -2.80. The van der Waals surface area contributed by atoms with Crippen molar-refractivity contribution in [3.05, 3.63) is 23.0 Å². The first kappa shape index (κ1) is 11.5. The zero-order valence-corrected chi connectivity index (χ0v) is 8.04. The van der Waals surface area contributed by atoms with Gasteiger partial charge < -0.3 is 10.5 Å². The molecular formula is C9H10F2N2O2. The lowest BCUT2D eigenvalue weighted by atomic mass is 10.1. The zero-order valence-electron chi connectivity index (χ0n) is 8.04. The Morgan fingerprint density at radius 3 is 2.73 bits per heavy atom. The van der Waals surface area contributed by atoms with Crippen LogP contribution in [0.5, 0.6) is 5.75 Å². The number of rotatable bonds is 4. The summed E-state index contributed by atoms with van der Waals surface area (Å²) in [4.78, 5) is 14.4. The number of alkyl halides is 2. The summed E-state index contributed by atoms with van der Waals surface area (Å²) in [5.41, 5.74) is 4.61. The summed E-state index contributed by atoms with van der Waals surface area (Å²) in [7, 11) is 1.28. The molecule has 6 heteroatoms. The normalized spacial score (nSPS) is 10.5. The molecule has 0 aromatic carbocycles. The van der Waals surface area contributed by atoms with Crippen molar-refractivity contribution in [3.63, 3.8) is 0 Å². The highest BCUT2D eigenvalue weighted by Gasteiger charge is 2.21. The number of nitrogens with two attached hydrogens (primary N) is 1. The van der Waals surface area contributed by atoms with E-state index in [4.69, 9.17) is 10.5 Å². The topological polar surface area (TPSA) is 65.2 Å². The third kappa shape index (κ3) is 2.10. The van der Waals surface area contributed by atoms with Gasteiger partial charge in [0.1, 0.15) is 5.75 Å². The third-order valence-electron chi connectivity index (χ3n) is 1.95. The monoisotopic (exact) mass is 216 g/mol. The molecule has 82 valence electrons. The number of aldehydes is 1. The SMILES string of the molecule is COc1cnc(CN)c(C(F)F)c1C=O. The zero-order chi connectivity index (χ0) is 11.4. The van der Waals surface area contributed by atoms with Crippen molar-refractivity contribution < 1.29 is 18.3 Å². The number of carbonyl (C=O) groups is 1. The summed E-state index contributed by atoms with van der Waals surface area (Å²) < 4.78 is 30.1. The van der Waals surface area contributed by atoms with Crippen LogP contribution in [0, 0.1) is 0 Å². The Morgan fingerprint density at radius 1 is 1.67 bits per heavy atom. The molecule has 0 aliphatic heterocycles. The molecule has 0 unspecified atom stereocenters. The van der Waals surface area contributed by atoms with Gasteiger partial charge in [0.05, 0.1) is 30.1 Å². The molecular weight excluding hydrogens is 206 g/mol. The number of aromatic nitrogens is 1. The fourth-order valence-corrected chi connectivity index (χ4v) is 1.25. The molecule has 0 amide bonds. The van der Waals surface area contributed by atoms with E-state index in [0.29, 0.717) is 6.29 Å². The Bertz CT molecular complexity index is 369. The van der Waals surface area contributed by atoms with Crippen LogP contribution in [0.3, 0.4) is 0 Å². The van der Waals surface area contributed by atoms with Crippen LogP contribution in [-0.2, 0) is 6.54 Å². The van der Waals surface area contributed by atoms with Crippen molar-refractivity contribution >= 4 is 6.29 Å². The molecule has 0 saturated heterocycles. The van der Waals surface area contributed by atoms with E-state index >= 15 is 0 Å². The highest BCUT2D eigenvalue weighted by atomic mass is 19.3. The molecule has 0 atom stereocenters. The number of halogens is 2. The fraction of sp³-hybridized carbons (Fsp3) is 0.333. The average molecular weight is 216 g/mol. The Labute approximate surface area is 85.1 Å². The van der Waals surface area contributed by atoms with Crippen molar-refractivity contribution in [2.45, 2.75) is 13.0 Å². The van der Waals surface area contributed by atoms with Crippen LogP contribution < -0.4 is 10.5 Å². The molecule has 0 saturated carbocycles. The Morgan fingerprint density at radius 2 is 2.33 bits per heavy atom. The Kier molecular flexibility index (Phi) is 3.68. The molecule has 15 heavy (non-hydrogen) atoms. The number of ether oxygens (including phenoxy) is 1. The maximum absolute atomic E-state index is 12.7. The molecule has 1 aromatic heterocycles. The third-order valence-corrected chi connectivity index (χ3v) is 1.95. The van der Waals surface area contributed by atoms with E-state index in [1.807, 2.05) is 0 Å². The molecule has 0 radical (unpaired) electrons. The lowest BCUT2D eigenvalue weighted by Gasteiger charge is -2.11. The Balaban J connectivity index is 3.44. The van der Waals surface area contributed by atoms with E-state index in [-0.39, 0.29) is 23.6 Å². The summed E-state index contributed by atoms with van der Waals surface area (Å²) in [6.07, 6.45) is -1.27. The van der Waals surface area contributed by atoms with Gasteiger partial charge in [0.25, 0.3) is 6.43 Å². The van der Waals surface area contributed by atoms with Gasteiger partial charge in [-0.1, -0.05) is 0 Å². The molecule has 0 spiro atoms. The first-order chi connectivity index (χ1) is 7.15. The molecule has 0 fully saturated rings. The summed E-state index contributed by atoms with van der Waals surface area (Å²) in [5.74, 6) is 0.0255. The predicted octanol–water partition coefficient (Wildman–Crippen LogP) is 1.30. The number of hydrogen-bond acceptors (Lipinski definition) is 4. The molecule has 1 rings (SSSR count). The lowest BCUT2D eigenvalue weighted by molar-refractivity contribution is 0.110. The molecule has 0 aliphatic carbocycles. The summed E-state index contributed by atoms with van der Waals surface area (Å²) in [5, 5.41) is 0. The molecule has 2 N–H and O–H groups in total. The van der Waals surface area contributed by atoms with Crippen LogP contribution in [-0.4, -0.2) is 18.4 Å². The van der Waals surface area contributed by atoms with Crippen LogP contribution in [0.4, 0.5) is 8.78 Å².